The van der Waals surface area contributed by atoms with Crippen molar-refractivity contribution in [2.45, 2.75) is 6.92 Å². The molecule has 0 radical (unpaired) electrons. The van der Waals surface area contributed by atoms with Crippen LogP contribution in [-0.2, 0) is 0 Å². The van der Waals surface area contributed by atoms with Crippen molar-refractivity contribution in [3.05, 3.63) is 65.4 Å². The van der Waals surface area contributed by atoms with Crippen molar-refractivity contribution in [3.63, 3.8) is 0 Å². The summed E-state index contributed by atoms with van der Waals surface area (Å²) in [5.41, 5.74) is 2.20. The van der Waals surface area contributed by atoms with E-state index in [-0.39, 0.29) is 11.7 Å². The topological polar surface area (TPSA) is 33.5 Å². The minimum atomic E-state index is -0.262. The monoisotopic (exact) mass is 271 g/mol. The van der Waals surface area contributed by atoms with Crippen LogP contribution in [0, 0.1) is 12.7 Å². The van der Waals surface area contributed by atoms with Gasteiger partial charge in [0.1, 0.15) is 5.82 Å². The Bertz CT molecular complexity index is 687. The first-order valence-electron chi connectivity index (χ1n) is 6.44. The molecule has 0 aliphatic carbocycles. The lowest BCUT2D eigenvalue weighted by atomic mass is 10.1. The molecule has 20 heavy (non-hydrogen) atoms. The van der Waals surface area contributed by atoms with E-state index >= 15 is 0 Å². The molecular weight excluding hydrogens is 257 g/mol. The van der Waals surface area contributed by atoms with Gasteiger partial charge in [-0.25, -0.2) is 4.39 Å². The summed E-state index contributed by atoms with van der Waals surface area (Å²) in [6.07, 6.45) is 3.39. The second-order valence-electron chi connectivity index (χ2n) is 4.83. The molecule has 0 bridgehead atoms. The molecule has 0 saturated carbocycles. The van der Waals surface area contributed by atoms with Crippen LogP contribution in [0.1, 0.15) is 21.7 Å². The van der Waals surface area contributed by atoms with Crippen LogP contribution in [0.5, 0.6) is 0 Å². The molecule has 0 spiro atoms. The maximum atomic E-state index is 13.7. The molecule has 3 rings (SSSR count). The fourth-order valence-electron chi connectivity index (χ4n) is 2.36. The third-order valence-corrected chi connectivity index (χ3v) is 3.48. The van der Waals surface area contributed by atoms with E-state index < -0.39 is 0 Å². The van der Waals surface area contributed by atoms with E-state index in [1.165, 1.54) is 12.3 Å². The van der Waals surface area contributed by atoms with Gasteiger partial charge in [0.15, 0.2) is 5.76 Å². The first kappa shape index (κ1) is 12.7. The minimum absolute atomic E-state index is 0.157. The van der Waals surface area contributed by atoms with Crippen molar-refractivity contribution >= 4 is 11.5 Å². The maximum Gasteiger partial charge on any atom is 0.290 e. The highest BCUT2D eigenvalue weighted by atomic mass is 19.1. The van der Waals surface area contributed by atoms with Crippen LogP contribution in [0.15, 0.2) is 47.1 Å². The highest BCUT2D eigenvalue weighted by Crippen LogP contribution is 2.25. The Hall–Kier alpha value is -2.36. The molecule has 1 aromatic carbocycles. The number of carbonyl (C=O) groups excluding carboxylic acids is 1. The van der Waals surface area contributed by atoms with Gasteiger partial charge in [0.25, 0.3) is 5.91 Å². The molecule has 0 unspecified atom stereocenters. The van der Waals surface area contributed by atoms with Gasteiger partial charge in [0.2, 0.25) is 0 Å². The third-order valence-electron chi connectivity index (χ3n) is 3.48. The summed E-state index contributed by atoms with van der Waals surface area (Å²) in [6.45, 7) is 2.71. The minimum Gasteiger partial charge on any atom is -0.459 e. The number of aryl methyl sites for hydroxylation is 1. The number of halogens is 1. The van der Waals surface area contributed by atoms with Gasteiger partial charge in [0.05, 0.1) is 6.26 Å². The van der Waals surface area contributed by atoms with Gasteiger partial charge < -0.3 is 9.32 Å². The molecule has 4 heteroatoms. The smallest absolute Gasteiger partial charge is 0.290 e. The summed E-state index contributed by atoms with van der Waals surface area (Å²) < 4.78 is 19.0. The summed E-state index contributed by atoms with van der Waals surface area (Å²) in [6, 6.07) is 8.36. The van der Waals surface area contributed by atoms with Gasteiger partial charge in [-0.15, -0.1) is 0 Å². The van der Waals surface area contributed by atoms with Gasteiger partial charge in [-0.05, 0) is 24.6 Å². The Morgan fingerprint density at radius 1 is 1.30 bits per heavy atom. The van der Waals surface area contributed by atoms with E-state index in [0.717, 1.165) is 11.1 Å². The fourth-order valence-corrected chi connectivity index (χ4v) is 2.36. The molecule has 1 aromatic heterocycles. The van der Waals surface area contributed by atoms with E-state index in [4.69, 9.17) is 4.42 Å². The first-order chi connectivity index (χ1) is 9.66. The number of nitrogens with zero attached hydrogens (tertiary/aromatic N) is 1. The van der Waals surface area contributed by atoms with Gasteiger partial charge in [-0.2, -0.15) is 0 Å². The van der Waals surface area contributed by atoms with Gasteiger partial charge >= 0.3 is 0 Å². The predicted octanol–water partition coefficient (Wildman–Crippen LogP) is 3.27. The van der Waals surface area contributed by atoms with E-state index in [1.807, 2.05) is 13.0 Å². The van der Waals surface area contributed by atoms with Crippen LogP contribution in [0.2, 0.25) is 0 Å². The standard InChI is InChI=1S/C16H14FNO2/c1-11-7-9-20-15(11)16(19)18-8-6-12(10-18)13-4-2-3-5-14(13)17/h2-7,9H,8,10H2,1H3. The predicted molar refractivity (Wildman–Crippen MR) is 73.7 cm³/mol. The van der Waals surface area contributed by atoms with E-state index in [9.17, 15) is 9.18 Å². The second-order valence-corrected chi connectivity index (χ2v) is 4.83. The summed E-state index contributed by atoms with van der Waals surface area (Å²) in [5, 5.41) is 0. The molecule has 1 aliphatic heterocycles. The Labute approximate surface area is 116 Å². The van der Waals surface area contributed by atoms with Crippen LogP contribution < -0.4 is 0 Å². The van der Waals surface area contributed by atoms with E-state index in [0.29, 0.717) is 24.4 Å². The van der Waals surface area contributed by atoms with Crippen LogP contribution >= 0.6 is 0 Å². The zero-order valence-electron chi connectivity index (χ0n) is 11.1. The molecular formula is C16H14FNO2. The number of hydrogen-bond donors (Lipinski definition) is 0. The van der Waals surface area contributed by atoms with Crippen LogP contribution in [0.4, 0.5) is 4.39 Å². The van der Waals surface area contributed by atoms with Gasteiger partial charge in [-0.3, -0.25) is 4.79 Å². The molecule has 102 valence electrons. The third kappa shape index (κ3) is 2.13. The SMILES string of the molecule is Cc1ccoc1C(=O)N1CC=C(c2ccccc2F)C1. The lowest BCUT2D eigenvalue weighted by Crippen LogP contribution is -2.29. The largest absolute Gasteiger partial charge is 0.459 e. The molecule has 1 amide bonds. The molecule has 0 N–H and O–H groups in total. The first-order valence-corrected chi connectivity index (χ1v) is 6.44. The fraction of sp³-hybridized carbons (Fsp3) is 0.188. The van der Waals surface area contributed by atoms with Crippen LogP contribution in [0.3, 0.4) is 0 Å². The lowest BCUT2D eigenvalue weighted by molar-refractivity contribution is 0.0769. The summed E-state index contributed by atoms with van der Waals surface area (Å²) in [5.74, 6) is -0.0644. The van der Waals surface area contributed by atoms with Gasteiger partial charge in [0, 0.05) is 24.2 Å². The summed E-state index contributed by atoms with van der Waals surface area (Å²) in [4.78, 5) is 13.9. The van der Waals surface area contributed by atoms with Crippen LogP contribution in [-0.4, -0.2) is 23.9 Å². The van der Waals surface area contributed by atoms with Crippen molar-refractivity contribution in [1.29, 1.82) is 0 Å². The highest BCUT2D eigenvalue weighted by Gasteiger charge is 2.25. The Balaban J connectivity index is 1.78. The molecule has 0 fully saturated rings. The Morgan fingerprint density at radius 3 is 2.80 bits per heavy atom. The van der Waals surface area contributed by atoms with Crippen molar-refractivity contribution < 1.29 is 13.6 Å². The number of rotatable bonds is 2. The zero-order chi connectivity index (χ0) is 14.1. The highest BCUT2D eigenvalue weighted by molar-refractivity contribution is 5.95. The van der Waals surface area contributed by atoms with Crippen molar-refractivity contribution in [2.75, 3.05) is 13.1 Å². The van der Waals surface area contributed by atoms with E-state index in [1.54, 1.807) is 29.2 Å². The molecule has 3 nitrogen and oxygen atoms in total. The van der Waals surface area contributed by atoms with Crippen molar-refractivity contribution in [2.24, 2.45) is 0 Å². The number of hydrogen-bond acceptors (Lipinski definition) is 2. The number of benzene rings is 1. The molecule has 0 atom stereocenters. The van der Waals surface area contributed by atoms with Crippen molar-refractivity contribution in [1.82, 2.24) is 4.90 Å². The molecule has 0 saturated heterocycles. The number of carbonyl (C=O) groups is 1. The molecule has 2 aromatic rings. The zero-order valence-corrected chi connectivity index (χ0v) is 11.1. The second kappa shape index (κ2) is 4.96. The van der Waals surface area contributed by atoms with Gasteiger partial charge in [-0.1, -0.05) is 24.3 Å². The Morgan fingerprint density at radius 2 is 2.10 bits per heavy atom. The molecule has 1 aliphatic rings. The maximum absolute atomic E-state index is 13.7. The number of furan rings is 1. The molecule has 2 heterocycles. The Kier molecular flexibility index (Phi) is 3.14. The summed E-state index contributed by atoms with van der Waals surface area (Å²) in [7, 11) is 0. The average Bonchev–Trinajstić information content (AvgIpc) is 3.07. The summed E-state index contributed by atoms with van der Waals surface area (Å²) >= 11 is 0. The van der Waals surface area contributed by atoms with Crippen LogP contribution in [0.25, 0.3) is 5.57 Å². The average molecular weight is 271 g/mol. The lowest BCUT2D eigenvalue weighted by Gasteiger charge is -2.15. The van der Waals surface area contributed by atoms with Crippen molar-refractivity contribution in [3.8, 4) is 0 Å². The number of amides is 1. The van der Waals surface area contributed by atoms with E-state index in [2.05, 4.69) is 0 Å². The normalized spacial score (nSPS) is 14.5. The quantitative estimate of drug-likeness (QED) is 0.840.